The van der Waals surface area contributed by atoms with Gasteiger partial charge in [-0.3, -0.25) is 4.79 Å². The topological polar surface area (TPSA) is 38.3 Å². The summed E-state index contributed by atoms with van der Waals surface area (Å²) in [4.78, 5) is 12.6. The van der Waals surface area contributed by atoms with Gasteiger partial charge < -0.3 is 10.1 Å². The lowest BCUT2D eigenvalue weighted by Gasteiger charge is -2.42. The molecule has 1 spiro atoms. The van der Waals surface area contributed by atoms with Crippen LogP contribution >= 0.6 is 0 Å². The SMILES string of the molecule is C[C@@H]1CC2=CCC[C@H]2[C@]2(O1)C(=O)Nc1ccccc12. The zero-order valence-corrected chi connectivity index (χ0v) is 11.0. The molecule has 1 saturated heterocycles. The fourth-order valence-corrected chi connectivity index (χ4v) is 3.94. The highest BCUT2D eigenvalue weighted by Gasteiger charge is 2.57. The molecule has 1 fully saturated rings. The summed E-state index contributed by atoms with van der Waals surface area (Å²) in [5, 5.41) is 3.00. The van der Waals surface area contributed by atoms with Crippen LogP contribution in [0.1, 0.15) is 31.7 Å². The van der Waals surface area contributed by atoms with Gasteiger partial charge in [0.1, 0.15) is 0 Å². The number of hydrogen-bond donors (Lipinski definition) is 1. The van der Waals surface area contributed by atoms with Crippen molar-refractivity contribution < 1.29 is 9.53 Å². The number of carbonyl (C=O) groups excluding carboxylic acids is 1. The van der Waals surface area contributed by atoms with E-state index in [2.05, 4.69) is 18.3 Å². The molecule has 3 aliphatic rings. The van der Waals surface area contributed by atoms with Gasteiger partial charge in [-0.05, 0) is 32.3 Å². The van der Waals surface area contributed by atoms with Crippen molar-refractivity contribution in [3.05, 3.63) is 41.5 Å². The van der Waals surface area contributed by atoms with Crippen LogP contribution in [0.5, 0.6) is 0 Å². The van der Waals surface area contributed by atoms with Crippen LogP contribution in [-0.4, -0.2) is 12.0 Å². The van der Waals surface area contributed by atoms with Gasteiger partial charge in [0.05, 0.1) is 6.10 Å². The van der Waals surface area contributed by atoms with Crippen LogP contribution in [0.25, 0.3) is 0 Å². The summed E-state index contributed by atoms with van der Waals surface area (Å²) in [7, 11) is 0. The number of benzene rings is 1. The average Bonchev–Trinajstić information content (AvgIpc) is 2.95. The van der Waals surface area contributed by atoms with Crippen molar-refractivity contribution in [2.75, 3.05) is 5.32 Å². The van der Waals surface area contributed by atoms with Gasteiger partial charge >= 0.3 is 0 Å². The first kappa shape index (κ1) is 11.2. The van der Waals surface area contributed by atoms with Gasteiger partial charge in [0, 0.05) is 17.2 Å². The number of ether oxygens (including phenoxy) is 1. The average molecular weight is 255 g/mol. The zero-order chi connectivity index (χ0) is 13.0. The van der Waals surface area contributed by atoms with E-state index in [0.29, 0.717) is 0 Å². The van der Waals surface area contributed by atoms with E-state index >= 15 is 0 Å². The Bertz CT molecular complexity index is 592. The molecule has 1 amide bonds. The predicted octanol–water partition coefficient (Wildman–Crippen LogP) is 2.98. The van der Waals surface area contributed by atoms with Crippen LogP contribution in [0.15, 0.2) is 35.9 Å². The number of carbonyl (C=O) groups is 1. The fraction of sp³-hybridized carbons (Fsp3) is 0.438. The van der Waals surface area contributed by atoms with Crippen molar-refractivity contribution in [2.24, 2.45) is 5.92 Å². The van der Waals surface area contributed by atoms with Crippen LogP contribution in [0, 0.1) is 5.92 Å². The minimum absolute atomic E-state index is 0.0121. The Morgan fingerprint density at radius 2 is 2.21 bits per heavy atom. The highest BCUT2D eigenvalue weighted by atomic mass is 16.5. The number of anilines is 1. The maximum Gasteiger partial charge on any atom is 0.262 e. The summed E-state index contributed by atoms with van der Waals surface area (Å²) < 4.78 is 6.23. The zero-order valence-electron chi connectivity index (χ0n) is 11.0. The Morgan fingerprint density at radius 3 is 3.11 bits per heavy atom. The van der Waals surface area contributed by atoms with Crippen molar-refractivity contribution in [3.63, 3.8) is 0 Å². The summed E-state index contributed by atoms with van der Waals surface area (Å²) in [5.74, 6) is 0.227. The number of hydrogen-bond acceptors (Lipinski definition) is 2. The second kappa shape index (κ2) is 3.70. The van der Waals surface area contributed by atoms with E-state index in [9.17, 15) is 4.79 Å². The van der Waals surface area contributed by atoms with E-state index in [-0.39, 0.29) is 17.9 Å². The number of fused-ring (bicyclic) bond motifs is 4. The number of amides is 1. The molecule has 19 heavy (non-hydrogen) atoms. The number of para-hydroxylation sites is 1. The summed E-state index contributed by atoms with van der Waals surface area (Å²) in [5.41, 5.74) is 2.55. The van der Waals surface area contributed by atoms with Gasteiger partial charge in [-0.15, -0.1) is 0 Å². The fourth-order valence-electron chi connectivity index (χ4n) is 3.94. The Kier molecular flexibility index (Phi) is 2.19. The lowest BCUT2D eigenvalue weighted by molar-refractivity contribution is -0.165. The van der Waals surface area contributed by atoms with Gasteiger partial charge in [-0.1, -0.05) is 29.8 Å². The summed E-state index contributed by atoms with van der Waals surface area (Å²) in [6.45, 7) is 2.06. The van der Waals surface area contributed by atoms with E-state index in [4.69, 9.17) is 4.74 Å². The lowest BCUT2D eigenvalue weighted by Crippen LogP contribution is -2.49. The molecule has 1 aromatic carbocycles. The Hall–Kier alpha value is -1.61. The van der Waals surface area contributed by atoms with E-state index in [0.717, 1.165) is 30.5 Å². The van der Waals surface area contributed by atoms with Crippen molar-refractivity contribution in [1.82, 2.24) is 0 Å². The number of nitrogens with one attached hydrogen (secondary N) is 1. The van der Waals surface area contributed by atoms with E-state index in [1.165, 1.54) is 5.57 Å². The first-order valence-electron chi connectivity index (χ1n) is 6.99. The predicted molar refractivity (Wildman–Crippen MR) is 72.7 cm³/mol. The molecule has 0 bridgehead atoms. The standard InChI is InChI=1S/C16H17NO2/c1-10-9-11-5-4-7-12(11)16(19-10)13-6-2-3-8-14(13)17-15(16)18/h2-3,5-6,8,10,12H,4,7,9H2,1H3,(H,17,18)/t10-,12-,16-/m1/s1. The summed E-state index contributed by atoms with van der Waals surface area (Å²) in [6, 6.07) is 7.93. The number of rotatable bonds is 0. The van der Waals surface area contributed by atoms with Crippen molar-refractivity contribution in [2.45, 2.75) is 37.9 Å². The molecule has 0 aromatic heterocycles. The molecule has 1 aliphatic carbocycles. The smallest absolute Gasteiger partial charge is 0.262 e. The summed E-state index contributed by atoms with van der Waals surface area (Å²) in [6.07, 6.45) is 5.44. The van der Waals surface area contributed by atoms with E-state index < -0.39 is 5.60 Å². The third-order valence-electron chi connectivity index (χ3n) is 4.62. The lowest BCUT2D eigenvalue weighted by atomic mass is 9.74. The van der Waals surface area contributed by atoms with Crippen LogP contribution in [0.2, 0.25) is 0 Å². The minimum atomic E-state index is -0.781. The highest BCUT2D eigenvalue weighted by Crippen LogP contribution is 2.54. The molecule has 2 heterocycles. The van der Waals surface area contributed by atoms with Crippen molar-refractivity contribution >= 4 is 11.6 Å². The molecule has 3 nitrogen and oxygen atoms in total. The molecule has 98 valence electrons. The molecule has 1 N–H and O–H groups in total. The molecule has 1 aromatic rings. The molecule has 3 atom stereocenters. The molecule has 0 radical (unpaired) electrons. The quantitative estimate of drug-likeness (QED) is 0.724. The van der Waals surface area contributed by atoms with E-state index in [1.807, 2.05) is 24.3 Å². The van der Waals surface area contributed by atoms with E-state index in [1.54, 1.807) is 0 Å². The Morgan fingerprint density at radius 1 is 1.37 bits per heavy atom. The monoisotopic (exact) mass is 255 g/mol. The first-order valence-corrected chi connectivity index (χ1v) is 6.99. The second-order valence-corrected chi connectivity index (χ2v) is 5.78. The first-order chi connectivity index (χ1) is 9.22. The molecule has 0 unspecified atom stereocenters. The molecular formula is C16H17NO2. The Labute approximate surface area is 112 Å². The van der Waals surface area contributed by atoms with Crippen LogP contribution < -0.4 is 5.32 Å². The minimum Gasteiger partial charge on any atom is -0.356 e. The maximum absolute atomic E-state index is 12.6. The van der Waals surface area contributed by atoms with Gasteiger partial charge in [0.15, 0.2) is 5.60 Å². The van der Waals surface area contributed by atoms with Crippen molar-refractivity contribution in [3.8, 4) is 0 Å². The molecule has 2 aliphatic heterocycles. The van der Waals surface area contributed by atoms with Gasteiger partial charge in [-0.2, -0.15) is 0 Å². The third kappa shape index (κ3) is 1.34. The van der Waals surface area contributed by atoms with Gasteiger partial charge in [0.25, 0.3) is 5.91 Å². The molecule has 4 rings (SSSR count). The summed E-state index contributed by atoms with van der Waals surface area (Å²) >= 11 is 0. The molecular weight excluding hydrogens is 238 g/mol. The van der Waals surface area contributed by atoms with Crippen molar-refractivity contribution in [1.29, 1.82) is 0 Å². The largest absolute Gasteiger partial charge is 0.356 e. The number of allylic oxidation sites excluding steroid dienone is 1. The molecule has 3 heteroatoms. The third-order valence-corrected chi connectivity index (χ3v) is 4.62. The molecule has 0 saturated carbocycles. The normalized spacial score (nSPS) is 35.8. The Balaban J connectivity index is 1.92. The second-order valence-electron chi connectivity index (χ2n) is 5.78. The van der Waals surface area contributed by atoms with Gasteiger partial charge in [0.2, 0.25) is 0 Å². The van der Waals surface area contributed by atoms with Crippen LogP contribution in [0.4, 0.5) is 5.69 Å². The van der Waals surface area contributed by atoms with Crippen LogP contribution in [0.3, 0.4) is 0 Å². The maximum atomic E-state index is 12.6. The van der Waals surface area contributed by atoms with Gasteiger partial charge in [-0.25, -0.2) is 0 Å². The van der Waals surface area contributed by atoms with Crippen LogP contribution in [-0.2, 0) is 15.1 Å². The highest BCUT2D eigenvalue weighted by molar-refractivity contribution is 6.05.